The van der Waals surface area contributed by atoms with Gasteiger partial charge in [0.05, 0.1) is 23.2 Å². The normalized spacial score (nSPS) is 25.0. The third-order valence-corrected chi connectivity index (χ3v) is 6.31. The molecule has 2 unspecified atom stereocenters. The molecule has 1 saturated heterocycles. The number of amides is 1. The average Bonchev–Trinajstić information content (AvgIpc) is 3.34. The number of carbonyl (C=O) groups is 1. The molecule has 3 atom stereocenters. The fourth-order valence-corrected chi connectivity index (χ4v) is 4.68. The summed E-state index contributed by atoms with van der Waals surface area (Å²) in [5.74, 6) is 1.67. The number of hydrogen-bond donors (Lipinski definition) is 1. The number of nitrogens with one attached hydrogen (secondary N) is 1. The van der Waals surface area contributed by atoms with Crippen LogP contribution in [0.15, 0.2) is 23.4 Å². The van der Waals surface area contributed by atoms with E-state index in [1.807, 2.05) is 6.07 Å². The summed E-state index contributed by atoms with van der Waals surface area (Å²) in [6, 6.07) is 8.13. The smallest absolute Gasteiger partial charge is 0.237 e. The van der Waals surface area contributed by atoms with Gasteiger partial charge in [0.2, 0.25) is 5.91 Å². The average molecular weight is 369 g/mol. The Labute approximate surface area is 158 Å². The van der Waals surface area contributed by atoms with E-state index in [0.717, 1.165) is 42.9 Å². The van der Waals surface area contributed by atoms with Gasteiger partial charge in [-0.05, 0) is 50.2 Å². The highest BCUT2D eigenvalue weighted by Crippen LogP contribution is 2.30. The molecule has 0 spiro atoms. The zero-order chi connectivity index (χ0) is 18.4. The van der Waals surface area contributed by atoms with Gasteiger partial charge < -0.3 is 10.2 Å². The Balaban J connectivity index is 1.38. The first-order chi connectivity index (χ1) is 12.7. The van der Waals surface area contributed by atoms with E-state index in [0.29, 0.717) is 30.6 Å². The second-order valence-corrected chi connectivity index (χ2v) is 7.98. The molecule has 0 radical (unpaired) electrons. The van der Waals surface area contributed by atoms with Crippen LogP contribution in [-0.2, 0) is 4.79 Å². The number of thioether (sulfide) groups is 1. The number of nitrogens with zero attached hydrogens (tertiary/aromatic N) is 4. The van der Waals surface area contributed by atoms with Gasteiger partial charge in [0.1, 0.15) is 12.1 Å². The third-order valence-electron chi connectivity index (χ3n) is 5.14. The Morgan fingerprint density at radius 2 is 2.23 bits per heavy atom. The third kappa shape index (κ3) is 4.75. The molecule has 2 heterocycles. The van der Waals surface area contributed by atoms with Crippen molar-refractivity contribution >= 4 is 17.7 Å². The minimum absolute atomic E-state index is 0.0497. The molecule has 1 aliphatic heterocycles. The summed E-state index contributed by atoms with van der Waals surface area (Å²) >= 11 is 1.73. The van der Waals surface area contributed by atoms with Gasteiger partial charge in [-0.2, -0.15) is 10.5 Å². The summed E-state index contributed by atoms with van der Waals surface area (Å²) in [4.78, 5) is 18.3. The largest absolute Gasteiger partial charge is 0.326 e. The van der Waals surface area contributed by atoms with Crippen molar-refractivity contribution in [2.24, 2.45) is 5.92 Å². The van der Waals surface area contributed by atoms with E-state index in [4.69, 9.17) is 10.5 Å². The lowest BCUT2D eigenvalue weighted by atomic mass is 10.1. The van der Waals surface area contributed by atoms with E-state index in [1.165, 1.54) is 0 Å². The number of rotatable bonds is 6. The predicted molar refractivity (Wildman–Crippen MR) is 99.2 cm³/mol. The van der Waals surface area contributed by atoms with Crippen molar-refractivity contribution in [2.45, 2.75) is 49.2 Å². The summed E-state index contributed by atoms with van der Waals surface area (Å²) in [6.07, 6.45) is 6.64. The highest BCUT2D eigenvalue weighted by molar-refractivity contribution is 7.99. The van der Waals surface area contributed by atoms with E-state index in [-0.39, 0.29) is 11.9 Å². The quantitative estimate of drug-likeness (QED) is 0.774. The molecule has 0 bridgehead atoms. The van der Waals surface area contributed by atoms with Gasteiger partial charge in [-0.15, -0.1) is 11.8 Å². The molecule has 1 N–H and O–H groups in total. The summed E-state index contributed by atoms with van der Waals surface area (Å²) < 4.78 is 0. The first-order valence-corrected chi connectivity index (χ1v) is 10.1. The maximum Gasteiger partial charge on any atom is 0.237 e. The van der Waals surface area contributed by atoms with Crippen molar-refractivity contribution in [1.29, 1.82) is 10.5 Å². The molecule has 1 aromatic heterocycles. The summed E-state index contributed by atoms with van der Waals surface area (Å²) in [7, 11) is 0. The highest BCUT2D eigenvalue weighted by atomic mass is 32.2. The van der Waals surface area contributed by atoms with Crippen LogP contribution in [0.3, 0.4) is 0 Å². The minimum Gasteiger partial charge on any atom is -0.326 e. The van der Waals surface area contributed by atoms with Crippen LogP contribution < -0.4 is 5.32 Å². The van der Waals surface area contributed by atoms with Gasteiger partial charge in [-0.25, -0.2) is 4.98 Å². The van der Waals surface area contributed by atoms with Gasteiger partial charge in [0.15, 0.2) is 0 Å². The van der Waals surface area contributed by atoms with Crippen LogP contribution in [0, 0.1) is 28.6 Å². The molecule has 2 aliphatic rings. The van der Waals surface area contributed by atoms with Crippen molar-refractivity contribution in [3.63, 3.8) is 0 Å². The van der Waals surface area contributed by atoms with Crippen LogP contribution in [0.5, 0.6) is 0 Å². The van der Waals surface area contributed by atoms with E-state index < -0.39 is 0 Å². The Morgan fingerprint density at radius 1 is 1.35 bits per heavy atom. The molecule has 1 aromatic rings. The first-order valence-electron chi connectivity index (χ1n) is 9.11. The SMILES string of the molecule is N#Cc1ccc(SCC2CCC(NCC(=O)N3CCC[C@H]3C#N)C2)nc1. The molecular formula is C19H23N5OS. The van der Waals surface area contributed by atoms with Crippen LogP contribution in [-0.4, -0.2) is 46.7 Å². The summed E-state index contributed by atoms with van der Waals surface area (Å²) in [5, 5.41) is 22.2. The van der Waals surface area contributed by atoms with Gasteiger partial charge in [-0.1, -0.05) is 0 Å². The summed E-state index contributed by atoms with van der Waals surface area (Å²) in [6.45, 7) is 1.04. The Morgan fingerprint density at radius 3 is 2.96 bits per heavy atom. The summed E-state index contributed by atoms with van der Waals surface area (Å²) in [5.41, 5.74) is 0.584. The number of hydrogen-bond acceptors (Lipinski definition) is 6. The maximum atomic E-state index is 12.3. The van der Waals surface area contributed by atoms with Crippen molar-refractivity contribution < 1.29 is 4.79 Å². The number of carbonyl (C=O) groups excluding carboxylic acids is 1. The molecule has 7 heteroatoms. The molecule has 136 valence electrons. The van der Waals surface area contributed by atoms with E-state index in [1.54, 1.807) is 28.9 Å². The van der Waals surface area contributed by atoms with Gasteiger partial charge in [-0.3, -0.25) is 4.79 Å². The predicted octanol–water partition coefficient (Wildman–Crippen LogP) is 2.32. The molecule has 1 amide bonds. The fourth-order valence-electron chi connectivity index (χ4n) is 3.68. The van der Waals surface area contributed by atoms with Crippen LogP contribution in [0.1, 0.15) is 37.7 Å². The molecule has 0 aromatic carbocycles. The zero-order valence-electron chi connectivity index (χ0n) is 14.7. The second kappa shape index (κ2) is 9.02. The zero-order valence-corrected chi connectivity index (χ0v) is 15.5. The molecule has 1 aliphatic carbocycles. The van der Waals surface area contributed by atoms with Crippen molar-refractivity contribution in [2.75, 3.05) is 18.8 Å². The first kappa shape index (κ1) is 18.7. The lowest BCUT2D eigenvalue weighted by Crippen LogP contribution is -2.42. The van der Waals surface area contributed by atoms with Crippen molar-refractivity contribution in [3.05, 3.63) is 23.9 Å². The van der Waals surface area contributed by atoms with Crippen LogP contribution in [0.4, 0.5) is 0 Å². The molecule has 6 nitrogen and oxygen atoms in total. The fraction of sp³-hybridized carbons (Fsp3) is 0.579. The van der Waals surface area contributed by atoms with E-state index in [2.05, 4.69) is 22.4 Å². The van der Waals surface area contributed by atoms with Crippen LogP contribution in [0.25, 0.3) is 0 Å². The number of aromatic nitrogens is 1. The van der Waals surface area contributed by atoms with E-state index >= 15 is 0 Å². The highest BCUT2D eigenvalue weighted by Gasteiger charge is 2.30. The lowest BCUT2D eigenvalue weighted by molar-refractivity contribution is -0.130. The van der Waals surface area contributed by atoms with Gasteiger partial charge >= 0.3 is 0 Å². The monoisotopic (exact) mass is 369 g/mol. The van der Waals surface area contributed by atoms with E-state index in [9.17, 15) is 4.79 Å². The Kier molecular flexibility index (Phi) is 6.49. The molecular weight excluding hydrogens is 346 g/mol. The number of nitriles is 2. The van der Waals surface area contributed by atoms with Crippen LogP contribution in [0.2, 0.25) is 0 Å². The molecule has 2 fully saturated rings. The minimum atomic E-state index is -0.239. The Bertz CT molecular complexity index is 708. The number of likely N-dealkylation sites (tertiary alicyclic amines) is 1. The van der Waals surface area contributed by atoms with Crippen molar-refractivity contribution in [3.8, 4) is 12.1 Å². The topological polar surface area (TPSA) is 92.8 Å². The standard InChI is InChI=1S/C19H23N5OS/c20-9-15-4-6-18(23-11-15)26-13-14-3-5-16(8-14)22-12-19(25)24-7-1-2-17(24)10-21/h4,6,11,14,16-17,22H,1-3,5,7-8,12-13H2/t14?,16?,17-/m0/s1. The molecule has 26 heavy (non-hydrogen) atoms. The van der Waals surface area contributed by atoms with Gasteiger partial charge in [0, 0.05) is 24.5 Å². The van der Waals surface area contributed by atoms with Crippen molar-refractivity contribution in [1.82, 2.24) is 15.2 Å². The second-order valence-electron chi connectivity index (χ2n) is 6.94. The molecule has 1 saturated carbocycles. The Hall–Kier alpha value is -2.09. The van der Waals surface area contributed by atoms with Gasteiger partial charge in [0.25, 0.3) is 0 Å². The number of pyridine rings is 1. The molecule has 3 rings (SSSR count). The maximum absolute atomic E-state index is 12.3. The van der Waals surface area contributed by atoms with Crippen LogP contribution >= 0.6 is 11.8 Å². The lowest BCUT2D eigenvalue weighted by Gasteiger charge is -2.21.